The normalized spacial score (nSPS) is 19.4. The van der Waals surface area contributed by atoms with E-state index >= 15 is 0 Å². The molecule has 1 N–H and O–H groups in total. The second kappa shape index (κ2) is 7.64. The molecule has 0 bridgehead atoms. The van der Waals surface area contributed by atoms with Crippen molar-refractivity contribution in [3.63, 3.8) is 0 Å². The van der Waals surface area contributed by atoms with Crippen molar-refractivity contribution in [1.29, 1.82) is 0 Å². The van der Waals surface area contributed by atoms with Crippen molar-refractivity contribution in [1.82, 2.24) is 9.62 Å². The molecule has 26 heavy (non-hydrogen) atoms. The minimum atomic E-state index is -3.68. The Bertz CT molecular complexity index is 903. The molecule has 1 aromatic carbocycles. The number of nitrogens with zero attached hydrogens (tertiary/aromatic N) is 1. The molecule has 1 aliphatic heterocycles. The fourth-order valence-electron chi connectivity index (χ4n) is 2.99. The van der Waals surface area contributed by atoms with Crippen LogP contribution in [0.5, 0.6) is 0 Å². The van der Waals surface area contributed by atoms with Gasteiger partial charge in [-0.2, -0.15) is 4.31 Å². The molecule has 9 heteroatoms. The van der Waals surface area contributed by atoms with Crippen LogP contribution < -0.4 is 5.32 Å². The first kappa shape index (κ1) is 19.3. The van der Waals surface area contributed by atoms with Crippen molar-refractivity contribution in [2.24, 2.45) is 0 Å². The van der Waals surface area contributed by atoms with E-state index in [1.165, 1.54) is 22.5 Å². The number of benzene rings is 1. The van der Waals surface area contributed by atoms with Crippen molar-refractivity contribution in [3.05, 3.63) is 52.1 Å². The van der Waals surface area contributed by atoms with E-state index in [9.17, 15) is 17.6 Å². The maximum Gasteiger partial charge on any atom is 0.253 e. The van der Waals surface area contributed by atoms with Crippen LogP contribution in [0.1, 0.15) is 31.4 Å². The van der Waals surface area contributed by atoms with Crippen LogP contribution in [0, 0.1) is 5.82 Å². The molecule has 0 aliphatic carbocycles. The van der Waals surface area contributed by atoms with E-state index in [4.69, 9.17) is 11.6 Å². The molecule has 2 heterocycles. The molecule has 1 aliphatic rings. The zero-order chi connectivity index (χ0) is 18.9. The van der Waals surface area contributed by atoms with Gasteiger partial charge >= 0.3 is 0 Å². The zero-order valence-electron chi connectivity index (χ0n) is 14.0. The topological polar surface area (TPSA) is 66.5 Å². The Balaban J connectivity index is 1.75. The molecule has 0 spiro atoms. The maximum atomic E-state index is 13.3. The Kier molecular flexibility index (Phi) is 5.67. The summed E-state index contributed by atoms with van der Waals surface area (Å²) >= 11 is 6.92. The van der Waals surface area contributed by atoms with E-state index in [1.807, 2.05) is 0 Å². The molecule has 0 radical (unpaired) electrons. The van der Waals surface area contributed by atoms with Gasteiger partial charge in [-0.1, -0.05) is 23.7 Å². The van der Waals surface area contributed by atoms with Crippen LogP contribution in [-0.4, -0.2) is 31.2 Å². The number of rotatable bonds is 5. The van der Waals surface area contributed by atoms with Gasteiger partial charge in [0.1, 0.15) is 16.1 Å². The summed E-state index contributed by atoms with van der Waals surface area (Å²) in [6.45, 7) is 2.06. The first-order valence-corrected chi connectivity index (χ1v) is 10.8. The average Bonchev–Trinajstić information content (AvgIpc) is 3.29. The van der Waals surface area contributed by atoms with Gasteiger partial charge in [-0.15, -0.1) is 11.3 Å². The first-order valence-electron chi connectivity index (χ1n) is 8.11. The zero-order valence-corrected chi connectivity index (χ0v) is 16.4. The lowest BCUT2D eigenvalue weighted by Gasteiger charge is -2.24. The summed E-state index contributed by atoms with van der Waals surface area (Å²) in [6.07, 6.45) is 1.09. The summed E-state index contributed by atoms with van der Waals surface area (Å²) in [5, 5.41) is 4.48. The number of sulfonamides is 1. The van der Waals surface area contributed by atoms with Gasteiger partial charge in [-0.25, -0.2) is 12.8 Å². The molecular weight excluding hydrogens is 399 g/mol. The third-order valence-corrected chi connectivity index (χ3v) is 7.94. The Hall–Kier alpha value is -1.48. The number of halogens is 2. The Morgan fingerprint density at radius 2 is 2.19 bits per heavy atom. The molecule has 0 saturated carbocycles. The van der Waals surface area contributed by atoms with Crippen molar-refractivity contribution in [3.8, 4) is 0 Å². The maximum absolute atomic E-state index is 13.3. The highest BCUT2D eigenvalue weighted by atomic mass is 35.5. The van der Waals surface area contributed by atoms with Crippen LogP contribution in [0.15, 0.2) is 39.9 Å². The van der Waals surface area contributed by atoms with Crippen LogP contribution in [0.2, 0.25) is 5.02 Å². The third-order valence-electron chi connectivity index (χ3n) is 4.37. The lowest BCUT2D eigenvalue weighted by atomic mass is 10.1. The van der Waals surface area contributed by atoms with Gasteiger partial charge in [-0.05, 0) is 48.9 Å². The molecule has 1 aromatic heterocycles. The number of amides is 1. The van der Waals surface area contributed by atoms with Gasteiger partial charge < -0.3 is 5.32 Å². The fourth-order valence-corrected chi connectivity index (χ4v) is 5.96. The number of hydrogen-bond donors (Lipinski definition) is 1. The van der Waals surface area contributed by atoms with E-state index in [1.54, 1.807) is 24.4 Å². The number of carbonyl (C=O) groups excluding carboxylic acids is 1. The SMILES string of the molecule is C[C@@H](NC(=O)[C@@H]1CCCN1S(=O)(=O)c1cccs1)c1ccc(F)c(Cl)c1. The third kappa shape index (κ3) is 3.78. The van der Waals surface area contributed by atoms with Crippen LogP contribution in [0.3, 0.4) is 0 Å². The second-order valence-corrected chi connectivity index (χ2v) is 9.58. The largest absolute Gasteiger partial charge is 0.348 e. The van der Waals surface area contributed by atoms with E-state index in [0.717, 1.165) is 11.3 Å². The van der Waals surface area contributed by atoms with Crippen LogP contribution in [0.25, 0.3) is 0 Å². The smallest absolute Gasteiger partial charge is 0.253 e. The number of thiophene rings is 1. The van der Waals surface area contributed by atoms with Crippen LogP contribution in [-0.2, 0) is 14.8 Å². The van der Waals surface area contributed by atoms with Gasteiger partial charge in [0.05, 0.1) is 11.1 Å². The van der Waals surface area contributed by atoms with Gasteiger partial charge in [0.15, 0.2) is 0 Å². The molecule has 2 aromatic rings. The quantitative estimate of drug-likeness (QED) is 0.810. The van der Waals surface area contributed by atoms with E-state index in [2.05, 4.69) is 5.32 Å². The van der Waals surface area contributed by atoms with Crippen molar-refractivity contribution < 1.29 is 17.6 Å². The predicted molar refractivity (Wildman–Crippen MR) is 99.2 cm³/mol. The lowest BCUT2D eigenvalue weighted by molar-refractivity contribution is -0.124. The lowest BCUT2D eigenvalue weighted by Crippen LogP contribution is -2.46. The fraction of sp³-hybridized carbons (Fsp3) is 0.353. The molecular formula is C17H18ClFN2O3S2. The molecule has 1 amide bonds. The molecule has 140 valence electrons. The number of nitrogens with one attached hydrogen (secondary N) is 1. The second-order valence-electron chi connectivity index (χ2n) is 6.11. The van der Waals surface area contributed by atoms with E-state index in [-0.39, 0.29) is 15.1 Å². The van der Waals surface area contributed by atoms with E-state index < -0.39 is 27.9 Å². The molecule has 3 rings (SSSR count). The first-order chi connectivity index (χ1) is 12.3. The molecule has 2 atom stereocenters. The number of carbonyl (C=O) groups is 1. The molecule has 1 fully saturated rings. The highest BCUT2D eigenvalue weighted by molar-refractivity contribution is 7.91. The van der Waals surface area contributed by atoms with Gasteiger partial charge in [-0.3, -0.25) is 4.79 Å². The summed E-state index contributed by atoms with van der Waals surface area (Å²) in [4.78, 5) is 12.7. The van der Waals surface area contributed by atoms with Gasteiger partial charge in [0, 0.05) is 6.54 Å². The predicted octanol–water partition coefficient (Wildman–Crippen LogP) is 3.57. The Morgan fingerprint density at radius 1 is 1.42 bits per heavy atom. The number of hydrogen-bond acceptors (Lipinski definition) is 4. The summed E-state index contributed by atoms with van der Waals surface area (Å²) in [5.41, 5.74) is 0.649. The van der Waals surface area contributed by atoms with Crippen LogP contribution in [0.4, 0.5) is 4.39 Å². The highest BCUT2D eigenvalue weighted by Gasteiger charge is 2.40. The Morgan fingerprint density at radius 3 is 2.85 bits per heavy atom. The van der Waals surface area contributed by atoms with E-state index in [0.29, 0.717) is 24.9 Å². The van der Waals surface area contributed by atoms with Gasteiger partial charge in [0.2, 0.25) is 5.91 Å². The monoisotopic (exact) mass is 416 g/mol. The van der Waals surface area contributed by atoms with Crippen molar-refractivity contribution in [2.75, 3.05) is 6.54 Å². The summed E-state index contributed by atoms with van der Waals surface area (Å²) < 4.78 is 40.3. The average molecular weight is 417 g/mol. The van der Waals surface area contributed by atoms with Crippen molar-refractivity contribution in [2.45, 2.75) is 36.1 Å². The molecule has 5 nitrogen and oxygen atoms in total. The standard InChI is InChI=1S/C17H18ClFN2O3S2/c1-11(12-6-7-14(19)13(18)10-12)20-17(22)15-4-2-8-21(15)26(23,24)16-5-3-9-25-16/h3,5-7,9-11,15H,2,4,8H2,1H3,(H,20,22)/t11-,15+/m1/s1. The minimum absolute atomic E-state index is 0.0219. The summed E-state index contributed by atoms with van der Waals surface area (Å²) in [6, 6.07) is 6.27. The Labute approximate surface area is 160 Å². The summed E-state index contributed by atoms with van der Waals surface area (Å²) in [7, 11) is -3.68. The summed E-state index contributed by atoms with van der Waals surface area (Å²) in [5.74, 6) is -0.895. The van der Waals surface area contributed by atoms with Gasteiger partial charge in [0.25, 0.3) is 10.0 Å². The minimum Gasteiger partial charge on any atom is -0.348 e. The molecule has 1 saturated heterocycles. The van der Waals surface area contributed by atoms with Crippen molar-refractivity contribution >= 4 is 38.9 Å². The van der Waals surface area contributed by atoms with Crippen LogP contribution >= 0.6 is 22.9 Å². The highest BCUT2D eigenvalue weighted by Crippen LogP contribution is 2.29. The molecule has 0 unspecified atom stereocenters.